The molecule has 3 heteroatoms. The first-order chi connectivity index (χ1) is 8.33. The Hall–Kier alpha value is -0.880. The van der Waals surface area contributed by atoms with E-state index >= 15 is 0 Å². The lowest BCUT2D eigenvalue weighted by molar-refractivity contribution is -0.00284. The van der Waals surface area contributed by atoms with E-state index in [9.17, 15) is 0 Å². The van der Waals surface area contributed by atoms with Gasteiger partial charge in [-0.05, 0) is 55.8 Å². The van der Waals surface area contributed by atoms with Gasteiger partial charge in [0, 0.05) is 11.3 Å². The summed E-state index contributed by atoms with van der Waals surface area (Å²) in [5.41, 5.74) is 0.624. The van der Waals surface area contributed by atoms with Gasteiger partial charge in [0.1, 0.15) is 6.07 Å². The van der Waals surface area contributed by atoms with Crippen LogP contribution in [0.2, 0.25) is 0 Å². The minimum Gasteiger partial charge on any atom is -0.230 e. The smallest absolute Gasteiger partial charge is 0.151 e. The molecule has 1 aromatic rings. The van der Waals surface area contributed by atoms with Crippen LogP contribution in [0.4, 0.5) is 0 Å². The molecule has 0 radical (unpaired) electrons. The maximum absolute atomic E-state index is 8.90. The molecule has 0 spiro atoms. The zero-order valence-corrected chi connectivity index (χ0v) is 10.6. The molecule has 4 saturated carbocycles. The van der Waals surface area contributed by atoms with Gasteiger partial charge >= 0.3 is 0 Å². The Balaban J connectivity index is 1.68. The number of nitriles is 1. The van der Waals surface area contributed by atoms with Gasteiger partial charge < -0.3 is 0 Å². The van der Waals surface area contributed by atoms with Gasteiger partial charge in [-0.3, -0.25) is 0 Å². The van der Waals surface area contributed by atoms with Gasteiger partial charge in [0.2, 0.25) is 0 Å². The molecule has 0 unspecified atom stereocenters. The van der Waals surface area contributed by atoms with E-state index in [4.69, 9.17) is 5.26 Å². The predicted octanol–water partition coefficient (Wildman–Crippen LogP) is 3.55. The van der Waals surface area contributed by atoms with Crippen molar-refractivity contribution in [3.8, 4) is 6.07 Å². The van der Waals surface area contributed by atoms with E-state index in [0.717, 1.165) is 23.7 Å². The fraction of sp³-hybridized carbons (Fsp3) is 0.714. The number of hydrogen-bond acceptors (Lipinski definition) is 3. The molecule has 0 aliphatic heterocycles. The highest BCUT2D eigenvalue weighted by Crippen LogP contribution is 2.59. The van der Waals surface area contributed by atoms with E-state index in [0.29, 0.717) is 11.6 Å². The summed E-state index contributed by atoms with van der Waals surface area (Å²) in [5.74, 6) is 4.48. The van der Waals surface area contributed by atoms with Crippen LogP contribution in [0.3, 0.4) is 0 Å². The van der Waals surface area contributed by atoms with Crippen molar-refractivity contribution in [3.05, 3.63) is 16.1 Å². The first-order valence-electron chi connectivity index (χ1n) is 6.69. The molecule has 2 nitrogen and oxygen atoms in total. The van der Waals surface area contributed by atoms with Gasteiger partial charge in [-0.1, -0.05) is 0 Å². The fourth-order valence-electron chi connectivity index (χ4n) is 4.82. The maximum atomic E-state index is 8.90. The van der Waals surface area contributed by atoms with Crippen molar-refractivity contribution in [3.63, 3.8) is 0 Å². The van der Waals surface area contributed by atoms with Gasteiger partial charge in [0.05, 0.1) is 5.01 Å². The van der Waals surface area contributed by atoms with Crippen molar-refractivity contribution in [2.24, 2.45) is 23.7 Å². The van der Waals surface area contributed by atoms with Gasteiger partial charge in [-0.2, -0.15) is 5.26 Å². The molecule has 1 aromatic heterocycles. The van der Waals surface area contributed by atoms with Gasteiger partial charge in [-0.15, -0.1) is 11.3 Å². The highest BCUT2D eigenvalue weighted by atomic mass is 32.1. The van der Waals surface area contributed by atoms with Crippen LogP contribution >= 0.6 is 11.3 Å². The SMILES string of the molecule is N#Cc1csc(C2C3CC4CC(C3)CC2C4)n1. The van der Waals surface area contributed by atoms with Crippen LogP contribution in [0, 0.1) is 35.0 Å². The Morgan fingerprint density at radius 2 is 1.76 bits per heavy atom. The topological polar surface area (TPSA) is 36.7 Å². The normalized spacial score (nSPS) is 42.6. The lowest BCUT2D eigenvalue weighted by atomic mass is 9.52. The molecular formula is C14H16N2S. The monoisotopic (exact) mass is 244 g/mol. The summed E-state index contributed by atoms with van der Waals surface area (Å²) in [6.07, 6.45) is 7.22. The molecular weight excluding hydrogens is 228 g/mol. The van der Waals surface area contributed by atoms with E-state index in [1.165, 1.54) is 37.1 Å². The van der Waals surface area contributed by atoms with Crippen LogP contribution in [0.5, 0.6) is 0 Å². The molecule has 4 aliphatic rings. The summed E-state index contributed by atoms with van der Waals surface area (Å²) >= 11 is 1.72. The van der Waals surface area contributed by atoms with E-state index in [2.05, 4.69) is 11.1 Å². The second-order valence-electron chi connectivity index (χ2n) is 6.14. The third-order valence-corrected chi connectivity index (χ3v) is 6.09. The highest BCUT2D eigenvalue weighted by Gasteiger charge is 2.49. The number of hydrogen-bond donors (Lipinski definition) is 0. The highest BCUT2D eigenvalue weighted by molar-refractivity contribution is 7.09. The van der Waals surface area contributed by atoms with Gasteiger partial charge in [-0.25, -0.2) is 4.98 Å². The summed E-state index contributed by atoms with van der Waals surface area (Å²) in [7, 11) is 0. The molecule has 0 N–H and O–H groups in total. The first kappa shape index (κ1) is 10.1. The van der Waals surface area contributed by atoms with Gasteiger partial charge in [0.25, 0.3) is 0 Å². The lowest BCUT2D eigenvalue weighted by Crippen LogP contribution is -2.43. The molecule has 17 heavy (non-hydrogen) atoms. The van der Waals surface area contributed by atoms with E-state index in [-0.39, 0.29) is 0 Å². The standard InChI is InChI=1S/C14H16N2S/c15-6-12-7-17-14(16-12)13-10-2-8-1-9(4-10)5-11(13)3-8/h7-11,13H,1-5H2. The molecule has 4 fully saturated rings. The van der Waals surface area contributed by atoms with E-state index in [1.54, 1.807) is 11.3 Å². The Morgan fingerprint density at radius 1 is 1.12 bits per heavy atom. The van der Waals surface area contributed by atoms with Crippen LogP contribution in [0.1, 0.15) is 48.7 Å². The Morgan fingerprint density at radius 3 is 2.29 bits per heavy atom. The minimum atomic E-state index is 0.624. The third kappa shape index (κ3) is 1.47. The average Bonchev–Trinajstić information content (AvgIpc) is 2.76. The number of thiazole rings is 1. The van der Waals surface area contributed by atoms with Crippen molar-refractivity contribution in [2.45, 2.75) is 38.0 Å². The largest absolute Gasteiger partial charge is 0.230 e. The van der Waals surface area contributed by atoms with Crippen LogP contribution in [0.15, 0.2) is 5.38 Å². The lowest BCUT2D eigenvalue weighted by Gasteiger charge is -2.53. The van der Waals surface area contributed by atoms with E-state index in [1.807, 2.05) is 5.38 Å². The Kier molecular flexibility index (Phi) is 2.11. The van der Waals surface area contributed by atoms with E-state index < -0.39 is 0 Å². The molecule has 88 valence electrons. The van der Waals surface area contributed by atoms with Crippen molar-refractivity contribution in [1.29, 1.82) is 5.26 Å². The number of nitrogens with zero attached hydrogens (tertiary/aromatic N) is 2. The number of rotatable bonds is 1. The first-order valence-corrected chi connectivity index (χ1v) is 7.57. The van der Waals surface area contributed by atoms with Crippen LogP contribution in [0.25, 0.3) is 0 Å². The molecule has 0 amide bonds. The molecule has 4 aliphatic carbocycles. The summed E-state index contributed by atoms with van der Waals surface area (Å²) in [6.45, 7) is 0. The fourth-order valence-corrected chi connectivity index (χ4v) is 5.85. The predicted molar refractivity (Wildman–Crippen MR) is 66.6 cm³/mol. The summed E-state index contributed by atoms with van der Waals surface area (Å²) < 4.78 is 0. The second kappa shape index (κ2) is 3.55. The van der Waals surface area contributed by atoms with Crippen molar-refractivity contribution >= 4 is 11.3 Å². The van der Waals surface area contributed by atoms with Crippen LogP contribution in [-0.2, 0) is 0 Å². The number of aromatic nitrogens is 1. The molecule has 0 saturated heterocycles. The quantitative estimate of drug-likeness (QED) is 0.757. The molecule has 0 atom stereocenters. The van der Waals surface area contributed by atoms with Crippen molar-refractivity contribution in [1.82, 2.24) is 4.98 Å². The van der Waals surface area contributed by atoms with Crippen molar-refractivity contribution in [2.75, 3.05) is 0 Å². The molecule has 1 heterocycles. The molecule has 5 rings (SSSR count). The Labute approximate surface area is 106 Å². The van der Waals surface area contributed by atoms with Crippen molar-refractivity contribution < 1.29 is 0 Å². The third-order valence-electron chi connectivity index (χ3n) is 5.15. The summed E-state index contributed by atoms with van der Waals surface area (Å²) in [4.78, 5) is 4.53. The minimum absolute atomic E-state index is 0.624. The second-order valence-corrected chi connectivity index (χ2v) is 7.03. The average molecular weight is 244 g/mol. The maximum Gasteiger partial charge on any atom is 0.151 e. The Bertz CT molecular complexity index is 457. The van der Waals surface area contributed by atoms with Crippen LogP contribution in [-0.4, -0.2) is 4.98 Å². The zero-order chi connectivity index (χ0) is 11.4. The summed E-state index contributed by atoms with van der Waals surface area (Å²) in [5, 5.41) is 12.1. The molecule has 4 bridgehead atoms. The summed E-state index contributed by atoms with van der Waals surface area (Å²) in [6, 6.07) is 2.17. The molecule has 0 aromatic carbocycles. The van der Waals surface area contributed by atoms with Crippen LogP contribution < -0.4 is 0 Å². The van der Waals surface area contributed by atoms with Gasteiger partial charge in [0.15, 0.2) is 5.69 Å². The zero-order valence-electron chi connectivity index (χ0n) is 9.80.